The molecule has 4 rings (SSSR count). The van der Waals surface area contributed by atoms with E-state index in [0.29, 0.717) is 33.3 Å². The number of fused-ring (bicyclic) bond motifs is 2. The third-order valence-corrected chi connectivity index (χ3v) is 5.72. The van der Waals surface area contributed by atoms with Crippen LogP contribution >= 0.6 is 11.3 Å². The Bertz CT molecular complexity index is 819. The number of primary amides is 1. The second-order valence-corrected chi connectivity index (χ2v) is 7.52. The molecule has 3 atom stereocenters. The normalized spacial score (nSPS) is 24.2. The van der Waals surface area contributed by atoms with Gasteiger partial charge in [0.05, 0.1) is 4.88 Å². The van der Waals surface area contributed by atoms with E-state index in [1.165, 1.54) is 17.8 Å². The molecule has 0 radical (unpaired) electrons. The first-order valence-electron chi connectivity index (χ1n) is 8.33. The molecular formula is C18H19N3O3S. The lowest BCUT2D eigenvalue weighted by Gasteiger charge is -2.20. The minimum Gasteiger partial charge on any atom is -0.447 e. The number of amides is 2. The van der Waals surface area contributed by atoms with E-state index < -0.39 is 5.91 Å². The number of carbonyl (C=O) groups is 2. The van der Waals surface area contributed by atoms with Crippen LogP contribution < -0.4 is 21.1 Å². The van der Waals surface area contributed by atoms with Gasteiger partial charge in [0, 0.05) is 23.7 Å². The first-order chi connectivity index (χ1) is 12.1. The Kier molecular flexibility index (Phi) is 4.19. The Balaban J connectivity index is 1.40. The Labute approximate surface area is 149 Å². The molecule has 2 amide bonds. The predicted octanol–water partition coefficient (Wildman–Crippen LogP) is 2.26. The number of nitrogens with two attached hydrogens (primary N) is 1. The van der Waals surface area contributed by atoms with Crippen molar-refractivity contribution >= 4 is 23.2 Å². The summed E-state index contributed by atoms with van der Waals surface area (Å²) in [6.07, 6.45) is 3.34. The van der Waals surface area contributed by atoms with Gasteiger partial charge in [-0.25, -0.2) is 0 Å². The maximum atomic E-state index is 12.4. The molecule has 1 aromatic carbocycles. The topological polar surface area (TPSA) is 93.5 Å². The van der Waals surface area contributed by atoms with Crippen LogP contribution in [0.2, 0.25) is 0 Å². The molecule has 4 N–H and O–H groups in total. The van der Waals surface area contributed by atoms with Crippen LogP contribution in [0.5, 0.6) is 10.8 Å². The molecule has 3 heterocycles. The van der Waals surface area contributed by atoms with E-state index in [-0.39, 0.29) is 11.9 Å². The van der Waals surface area contributed by atoms with Crippen LogP contribution in [-0.2, 0) is 0 Å². The Morgan fingerprint density at radius 1 is 1.24 bits per heavy atom. The minimum atomic E-state index is -0.504. The van der Waals surface area contributed by atoms with Gasteiger partial charge in [-0.3, -0.25) is 9.59 Å². The lowest BCUT2D eigenvalue weighted by molar-refractivity contribution is 0.0934. The van der Waals surface area contributed by atoms with Crippen LogP contribution in [-0.4, -0.2) is 29.9 Å². The van der Waals surface area contributed by atoms with Crippen molar-refractivity contribution in [2.24, 2.45) is 5.73 Å². The first kappa shape index (κ1) is 16.1. The molecule has 2 bridgehead atoms. The molecule has 2 saturated heterocycles. The lowest BCUT2D eigenvalue weighted by Crippen LogP contribution is -2.42. The molecule has 25 heavy (non-hydrogen) atoms. The third kappa shape index (κ3) is 3.38. The maximum Gasteiger partial charge on any atom is 0.261 e. The van der Waals surface area contributed by atoms with E-state index in [1.807, 2.05) is 0 Å². The largest absolute Gasteiger partial charge is 0.447 e. The number of rotatable bonds is 5. The Morgan fingerprint density at radius 2 is 2.12 bits per heavy atom. The molecule has 3 unspecified atom stereocenters. The fourth-order valence-electron chi connectivity index (χ4n) is 3.55. The average Bonchev–Trinajstić information content (AvgIpc) is 3.31. The molecule has 2 aliphatic rings. The highest BCUT2D eigenvalue weighted by Crippen LogP contribution is 2.31. The molecule has 0 saturated carbocycles. The third-order valence-electron chi connectivity index (χ3n) is 4.76. The van der Waals surface area contributed by atoms with Crippen molar-refractivity contribution in [3.05, 3.63) is 46.8 Å². The Morgan fingerprint density at radius 3 is 2.84 bits per heavy atom. The summed E-state index contributed by atoms with van der Waals surface area (Å²) in [5, 5.41) is 7.23. The van der Waals surface area contributed by atoms with Crippen molar-refractivity contribution in [1.29, 1.82) is 0 Å². The zero-order valence-electron chi connectivity index (χ0n) is 13.5. The van der Waals surface area contributed by atoms with Gasteiger partial charge in [-0.05, 0) is 49.6 Å². The predicted molar refractivity (Wildman–Crippen MR) is 95.2 cm³/mol. The number of benzene rings is 1. The molecule has 130 valence electrons. The van der Waals surface area contributed by atoms with E-state index in [4.69, 9.17) is 10.5 Å². The molecule has 1 aromatic heterocycles. The number of nitrogens with one attached hydrogen (secondary N) is 2. The van der Waals surface area contributed by atoms with Gasteiger partial charge < -0.3 is 21.1 Å². The smallest absolute Gasteiger partial charge is 0.261 e. The molecule has 0 aliphatic carbocycles. The molecule has 0 spiro atoms. The number of hydrogen-bond donors (Lipinski definition) is 3. The fourth-order valence-corrected chi connectivity index (χ4v) is 4.33. The monoisotopic (exact) mass is 357 g/mol. The van der Waals surface area contributed by atoms with Crippen LogP contribution in [0.4, 0.5) is 0 Å². The van der Waals surface area contributed by atoms with Crippen LogP contribution in [0.3, 0.4) is 0 Å². The summed E-state index contributed by atoms with van der Waals surface area (Å²) in [6.45, 7) is 0. The van der Waals surface area contributed by atoms with Gasteiger partial charge in [-0.1, -0.05) is 17.4 Å². The zero-order valence-corrected chi connectivity index (χ0v) is 14.3. The van der Waals surface area contributed by atoms with Crippen molar-refractivity contribution in [2.75, 3.05) is 0 Å². The number of thiophene rings is 1. The van der Waals surface area contributed by atoms with Crippen molar-refractivity contribution in [3.63, 3.8) is 0 Å². The fraction of sp³-hybridized carbons (Fsp3) is 0.333. The summed E-state index contributed by atoms with van der Waals surface area (Å²) in [7, 11) is 0. The number of ether oxygens (including phenoxy) is 1. The van der Waals surface area contributed by atoms with Gasteiger partial charge in [0.1, 0.15) is 5.75 Å². The van der Waals surface area contributed by atoms with E-state index in [1.54, 1.807) is 36.4 Å². The second-order valence-electron chi connectivity index (χ2n) is 6.48. The second kappa shape index (κ2) is 6.50. The summed E-state index contributed by atoms with van der Waals surface area (Å²) in [5.41, 5.74) is 5.66. The molecule has 2 aromatic rings. The number of hydrogen-bond acceptors (Lipinski definition) is 5. The SMILES string of the molecule is NC(=O)c1cccc(Oc2ccc(C(=O)NC3CC4CCC3N4)s2)c1. The van der Waals surface area contributed by atoms with Crippen molar-refractivity contribution in [3.8, 4) is 10.8 Å². The minimum absolute atomic E-state index is 0.0647. The average molecular weight is 357 g/mol. The standard InChI is InChI=1S/C18H19N3O3S/c19-17(22)10-2-1-3-12(8-10)24-16-7-6-15(25-16)18(23)21-14-9-11-4-5-13(14)20-11/h1-3,6-8,11,13-14,20H,4-5,9H2,(H2,19,22)(H,21,23). The summed E-state index contributed by atoms with van der Waals surface area (Å²) in [5.74, 6) is -0.0522. The maximum absolute atomic E-state index is 12.4. The van der Waals surface area contributed by atoms with E-state index >= 15 is 0 Å². The molecule has 7 heteroatoms. The van der Waals surface area contributed by atoms with Crippen molar-refractivity contribution < 1.29 is 14.3 Å². The highest BCUT2D eigenvalue weighted by atomic mass is 32.1. The quantitative estimate of drug-likeness (QED) is 0.765. The zero-order chi connectivity index (χ0) is 17.4. The lowest BCUT2D eigenvalue weighted by atomic mass is 9.95. The molecule has 2 fully saturated rings. The highest BCUT2D eigenvalue weighted by Gasteiger charge is 2.39. The van der Waals surface area contributed by atoms with Gasteiger partial charge in [-0.2, -0.15) is 0 Å². The van der Waals surface area contributed by atoms with Gasteiger partial charge in [0.15, 0.2) is 5.06 Å². The van der Waals surface area contributed by atoms with Gasteiger partial charge in [0.25, 0.3) is 5.91 Å². The van der Waals surface area contributed by atoms with Crippen LogP contribution in [0.1, 0.15) is 39.3 Å². The van der Waals surface area contributed by atoms with E-state index in [2.05, 4.69) is 10.6 Å². The summed E-state index contributed by atoms with van der Waals surface area (Å²) in [4.78, 5) is 24.3. The first-order valence-corrected chi connectivity index (χ1v) is 9.14. The van der Waals surface area contributed by atoms with Crippen molar-refractivity contribution in [1.82, 2.24) is 10.6 Å². The summed E-state index contributed by atoms with van der Waals surface area (Å²) < 4.78 is 5.74. The van der Waals surface area contributed by atoms with Crippen LogP contribution in [0.15, 0.2) is 36.4 Å². The number of carbonyl (C=O) groups excluding carboxylic acids is 2. The van der Waals surface area contributed by atoms with Crippen LogP contribution in [0.25, 0.3) is 0 Å². The van der Waals surface area contributed by atoms with E-state index in [0.717, 1.165) is 12.8 Å². The molecule has 2 aliphatic heterocycles. The Hall–Kier alpha value is -2.38. The summed E-state index contributed by atoms with van der Waals surface area (Å²) in [6, 6.07) is 11.4. The van der Waals surface area contributed by atoms with Crippen molar-refractivity contribution in [2.45, 2.75) is 37.4 Å². The van der Waals surface area contributed by atoms with Crippen LogP contribution in [0, 0.1) is 0 Å². The molecular weight excluding hydrogens is 338 g/mol. The molecule has 6 nitrogen and oxygen atoms in total. The van der Waals surface area contributed by atoms with Gasteiger partial charge >= 0.3 is 0 Å². The van der Waals surface area contributed by atoms with Gasteiger partial charge in [-0.15, -0.1) is 0 Å². The van der Waals surface area contributed by atoms with Gasteiger partial charge in [0.2, 0.25) is 5.91 Å². The highest BCUT2D eigenvalue weighted by molar-refractivity contribution is 7.15. The summed E-state index contributed by atoms with van der Waals surface area (Å²) >= 11 is 1.28. The van der Waals surface area contributed by atoms with E-state index in [9.17, 15) is 9.59 Å².